The molecule has 1 aromatic rings. The Kier molecular flexibility index (Phi) is 4.76. The van der Waals surface area contributed by atoms with Crippen molar-refractivity contribution in [3.05, 3.63) is 18.5 Å². The lowest BCUT2D eigenvalue weighted by molar-refractivity contribution is -0.146. The first-order chi connectivity index (χ1) is 9.61. The van der Waals surface area contributed by atoms with Crippen LogP contribution in [0.25, 0.3) is 0 Å². The summed E-state index contributed by atoms with van der Waals surface area (Å²) >= 11 is 0. The van der Waals surface area contributed by atoms with E-state index in [9.17, 15) is 14.7 Å². The molecule has 0 aliphatic heterocycles. The molecule has 0 bridgehead atoms. The van der Waals surface area contributed by atoms with Gasteiger partial charge in [-0.1, -0.05) is 13.3 Å². The van der Waals surface area contributed by atoms with Crippen LogP contribution in [0.4, 0.5) is 0 Å². The van der Waals surface area contributed by atoms with Crippen LogP contribution in [-0.4, -0.2) is 33.3 Å². The van der Waals surface area contributed by atoms with Gasteiger partial charge in [-0.25, -0.2) is 0 Å². The third-order valence-corrected chi connectivity index (χ3v) is 4.09. The zero-order valence-electron chi connectivity index (χ0n) is 11.7. The summed E-state index contributed by atoms with van der Waals surface area (Å²) in [4.78, 5) is 23.4. The number of carbonyl (C=O) groups is 2. The van der Waals surface area contributed by atoms with Gasteiger partial charge in [-0.15, -0.1) is 0 Å². The zero-order valence-corrected chi connectivity index (χ0v) is 11.7. The number of rotatable bonds is 6. The fourth-order valence-corrected chi connectivity index (χ4v) is 2.90. The summed E-state index contributed by atoms with van der Waals surface area (Å²) in [5, 5.41) is 16.1. The average molecular weight is 279 g/mol. The Morgan fingerprint density at radius 1 is 1.40 bits per heavy atom. The fourth-order valence-electron chi connectivity index (χ4n) is 2.90. The Bertz CT molecular complexity index is 458. The number of aliphatic carboxylic acids is 1. The molecule has 0 spiro atoms. The quantitative estimate of drug-likeness (QED) is 0.817. The Balaban J connectivity index is 1.85. The molecule has 6 heteroatoms. The van der Waals surface area contributed by atoms with Gasteiger partial charge < -0.3 is 10.4 Å². The van der Waals surface area contributed by atoms with E-state index < -0.39 is 17.8 Å². The van der Waals surface area contributed by atoms with Gasteiger partial charge in [0.05, 0.1) is 18.4 Å². The molecule has 2 N–H and O–H groups in total. The molecule has 1 unspecified atom stereocenters. The second kappa shape index (κ2) is 6.54. The number of aromatic nitrogens is 2. The number of carboxylic acids is 1. The average Bonchev–Trinajstić information content (AvgIpc) is 3.07. The van der Waals surface area contributed by atoms with E-state index in [4.69, 9.17) is 0 Å². The smallest absolute Gasteiger partial charge is 0.307 e. The summed E-state index contributed by atoms with van der Waals surface area (Å²) in [6, 6.07) is 1.82. The van der Waals surface area contributed by atoms with E-state index in [0.29, 0.717) is 31.8 Å². The molecule has 110 valence electrons. The lowest BCUT2D eigenvalue weighted by Gasteiger charge is -2.15. The fraction of sp³-hybridized carbons (Fsp3) is 0.643. The van der Waals surface area contributed by atoms with Crippen molar-refractivity contribution in [2.75, 3.05) is 6.54 Å². The van der Waals surface area contributed by atoms with Crippen LogP contribution in [0.1, 0.15) is 26.2 Å². The van der Waals surface area contributed by atoms with Crippen molar-refractivity contribution in [2.24, 2.45) is 17.8 Å². The van der Waals surface area contributed by atoms with Gasteiger partial charge in [0.15, 0.2) is 0 Å². The monoisotopic (exact) mass is 279 g/mol. The molecule has 1 heterocycles. The Labute approximate surface area is 118 Å². The predicted octanol–water partition coefficient (Wildman–Crippen LogP) is 1.14. The Morgan fingerprint density at radius 3 is 2.75 bits per heavy atom. The predicted molar refractivity (Wildman–Crippen MR) is 72.9 cm³/mol. The second-order valence-corrected chi connectivity index (χ2v) is 5.36. The summed E-state index contributed by atoms with van der Waals surface area (Å²) in [6.45, 7) is 3.11. The minimum Gasteiger partial charge on any atom is -0.481 e. The van der Waals surface area contributed by atoms with Crippen molar-refractivity contribution in [3.63, 3.8) is 0 Å². The SMILES string of the molecule is CCC1C[C@H](C(=O)NCCn2cccn2)[C@H](C(=O)O)C1. The molecule has 6 nitrogen and oxygen atoms in total. The minimum atomic E-state index is -0.854. The van der Waals surface area contributed by atoms with Crippen LogP contribution in [0.5, 0.6) is 0 Å². The molecule has 1 aliphatic carbocycles. The molecule has 1 aliphatic rings. The van der Waals surface area contributed by atoms with E-state index in [1.165, 1.54) is 0 Å². The van der Waals surface area contributed by atoms with Crippen LogP contribution in [-0.2, 0) is 16.1 Å². The van der Waals surface area contributed by atoms with Crippen molar-refractivity contribution in [2.45, 2.75) is 32.7 Å². The van der Waals surface area contributed by atoms with Crippen molar-refractivity contribution in [1.82, 2.24) is 15.1 Å². The maximum Gasteiger partial charge on any atom is 0.307 e. The van der Waals surface area contributed by atoms with Crippen LogP contribution in [0.15, 0.2) is 18.5 Å². The van der Waals surface area contributed by atoms with E-state index in [1.807, 2.05) is 19.2 Å². The first-order valence-corrected chi connectivity index (χ1v) is 7.09. The van der Waals surface area contributed by atoms with E-state index in [0.717, 1.165) is 6.42 Å². The van der Waals surface area contributed by atoms with Gasteiger partial charge in [-0.2, -0.15) is 5.10 Å². The van der Waals surface area contributed by atoms with Gasteiger partial charge >= 0.3 is 5.97 Å². The highest BCUT2D eigenvalue weighted by Crippen LogP contribution is 2.38. The third-order valence-electron chi connectivity index (χ3n) is 4.09. The van der Waals surface area contributed by atoms with Crippen LogP contribution < -0.4 is 5.32 Å². The normalized spacial score (nSPS) is 25.6. The topological polar surface area (TPSA) is 84.2 Å². The van der Waals surface area contributed by atoms with Gasteiger partial charge in [-0.05, 0) is 24.8 Å². The number of nitrogens with zero attached hydrogens (tertiary/aromatic N) is 2. The first-order valence-electron chi connectivity index (χ1n) is 7.09. The zero-order chi connectivity index (χ0) is 14.5. The van der Waals surface area contributed by atoms with Gasteiger partial charge in [0.25, 0.3) is 0 Å². The first kappa shape index (κ1) is 14.6. The van der Waals surface area contributed by atoms with E-state index in [1.54, 1.807) is 10.9 Å². The van der Waals surface area contributed by atoms with Gasteiger partial charge in [0.1, 0.15) is 0 Å². The minimum absolute atomic E-state index is 0.138. The molecule has 0 saturated heterocycles. The molecule has 1 amide bonds. The molecule has 1 fully saturated rings. The summed E-state index contributed by atoms with van der Waals surface area (Å²) in [5.41, 5.74) is 0. The highest BCUT2D eigenvalue weighted by molar-refractivity contribution is 5.85. The van der Waals surface area contributed by atoms with Crippen LogP contribution >= 0.6 is 0 Å². The molecular formula is C14H21N3O3. The van der Waals surface area contributed by atoms with Gasteiger partial charge in [-0.3, -0.25) is 14.3 Å². The van der Waals surface area contributed by atoms with Crippen LogP contribution in [0.2, 0.25) is 0 Å². The number of nitrogens with one attached hydrogen (secondary N) is 1. The summed E-state index contributed by atoms with van der Waals surface area (Å²) in [7, 11) is 0. The van der Waals surface area contributed by atoms with Crippen molar-refractivity contribution >= 4 is 11.9 Å². The lowest BCUT2D eigenvalue weighted by Crippen LogP contribution is -2.36. The third kappa shape index (κ3) is 3.37. The summed E-state index contributed by atoms with van der Waals surface area (Å²) in [6.07, 6.45) is 5.74. The molecule has 3 atom stereocenters. The molecule has 0 aromatic carbocycles. The highest BCUT2D eigenvalue weighted by atomic mass is 16.4. The molecule has 1 aromatic heterocycles. The summed E-state index contributed by atoms with van der Waals surface area (Å²) in [5.74, 6) is -1.58. The number of carbonyl (C=O) groups excluding carboxylic acids is 1. The largest absolute Gasteiger partial charge is 0.481 e. The lowest BCUT2D eigenvalue weighted by atomic mass is 9.95. The van der Waals surface area contributed by atoms with Crippen molar-refractivity contribution in [1.29, 1.82) is 0 Å². The Hall–Kier alpha value is -1.85. The number of hydrogen-bond donors (Lipinski definition) is 2. The van der Waals surface area contributed by atoms with Crippen molar-refractivity contribution in [3.8, 4) is 0 Å². The standard InChI is InChI=1S/C14H21N3O3/c1-2-10-8-11(12(9-10)14(19)20)13(18)15-5-7-17-6-3-4-16-17/h3-4,6,10-12H,2,5,7-9H2,1H3,(H,15,18)(H,19,20)/t10?,11-,12+/m0/s1. The molecular weight excluding hydrogens is 258 g/mol. The Morgan fingerprint density at radius 2 is 2.15 bits per heavy atom. The van der Waals surface area contributed by atoms with Gasteiger partial charge in [0, 0.05) is 18.9 Å². The number of hydrogen-bond acceptors (Lipinski definition) is 3. The highest BCUT2D eigenvalue weighted by Gasteiger charge is 2.41. The van der Waals surface area contributed by atoms with Crippen LogP contribution in [0.3, 0.4) is 0 Å². The number of carboxylic acid groups (broad SMARTS) is 1. The van der Waals surface area contributed by atoms with Crippen LogP contribution in [0, 0.1) is 17.8 Å². The van der Waals surface area contributed by atoms with Gasteiger partial charge in [0.2, 0.25) is 5.91 Å². The molecule has 2 rings (SSSR count). The molecule has 20 heavy (non-hydrogen) atoms. The second-order valence-electron chi connectivity index (χ2n) is 5.36. The maximum atomic E-state index is 12.1. The number of amides is 1. The van der Waals surface area contributed by atoms with E-state index in [2.05, 4.69) is 10.4 Å². The molecule has 0 radical (unpaired) electrons. The van der Waals surface area contributed by atoms with E-state index in [-0.39, 0.29) is 5.91 Å². The van der Waals surface area contributed by atoms with E-state index >= 15 is 0 Å². The molecule has 1 saturated carbocycles. The van der Waals surface area contributed by atoms with Crippen molar-refractivity contribution < 1.29 is 14.7 Å². The summed E-state index contributed by atoms with van der Waals surface area (Å²) < 4.78 is 1.73. The maximum absolute atomic E-state index is 12.1.